The number of rotatable bonds is 0. The number of hydrogen-bond acceptors (Lipinski definition) is 0. The highest BCUT2D eigenvalue weighted by Crippen LogP contribution is 3.35. The fraction of sp³-hybridized carbons (Fsp3) is 1.00. The molecule has 25 rings (SSSR count). The van der Waals surface area contributed by atoms with E-state index < -0.39 is 0 Å². The summed E-state index contributed by atoms with van der Waals surface area (Å²) in [7, 11) is 0. The largest absolute Gasteiger partial charge is 0.0496 e. The van der Waals surface area contributed by atoms with Crippen LogP contribution in [0.1, 0.15) is 25.7 Å². The van der Waals surface area contributed by atoms with Gasteiger partial charge in [-0.25, -0.2) is 0 Å². The lowest BCUT2D eigenvalue weighted by atomic mass is 8.69. The highest BCUT2D eigenvalue weighted by atomic mass is 15.4. The molecule has 0 aromatic rings. The van der Waals surface area contributed by atoms with Crippen LogP contribution in [0.2, 0.25) is 0 Å². The van der Waals surface area contributed by atoms with Gasteiger partial charge >= 0.3 is 0 Å². The molecule has 0 radical (unpaired) electrons. The van der Waals surface area contributed by atoms with Gasteiger partial charge in [-0.3, -0.25) is 0 Å². The first-order chi connectivity index (χ1) is 22.4. The van der Waals surface area contributed by atoms with Gasteiger partial charge in [-0.15, -0.1) is 0 Å². The molecule has 0 N–H and O–H groups in total. The van der Waals surface area contributed by atoms with E-state index in [4.69, 9.17) is 0 Å². The zero-order valence-electron chi connectivity index (χ0n) is 26.0. The summed E-state index contributed by atoms with van der Waals surface area (Å²) in [6, 6.07) is 0. The summed E-state index contributed by atoms with van der Waals surface area (Å²) in [6.45, 7) is 0. The molecule has 0 aliphatic heterocycles. The van der Waals surface area contributed by atoms with Gasteiger partial charge in [0.2, 0.25) is 0 Å². The van der Waals surface area contributed by atoms with Gasteiger partial charge in [-0.05, 0) is 265 Å². The average Bonchev–Trinajstić information content (AvgIpc) is 3.29. The minimum atomic E-state index is 1.08. The van der Waals surface area contributed by atoms with Crippen molar-refractivity contribution in [2.75, 3.05) is 0 Å². The molecule has 25 fully saturated rings. The van der Waals surface area contributed by atoms with E-state index in [2.05, 4.69) is 0 Å². The van der Waals surface area contributed by atoms with Crippen LogP contribution in [0.5, 0.6) is 0 Å². The molecule has 0 bridgehead atoms. The summed E-state index contributed by atoms with van der Waals surface area (Å²) < 4.78 is 0. The molecule has 0 heteroatoms. The van der Waals surface area contributed by atoms with Crippen LogP contribution in [0, 0.1) is 239 Å². The third kappa shape index (κ3) is 0.739. The predicted octanol–water partition coefficient (Wildman–Crippen LogP) is 5.74. The van der Waals surface area contributed by atoms with Crippen molar-refractivity contribution in [2.45, 2.75) is 25.7 Å². The van der Waals surface area contributed by atoms with E-state index in [0.29, 0.717) is 0 Å². The highest BCUT2D eigenvalue weighted by molar-refractivity contribution is 5.79. The number of hydrogen-bond donors (Lipinski definition) is 0. The maximum absolute atomic E-state index is 1.72. The van der Waals surface area contributed by atoms with Gasteiger partial charge in [-0.2, -0.15) is 0 Å². The van der Waals surface area contributed by atoms with Gasteiger partial charge in [0.15, 0.2) is 0 Å². The van der Waals surface area contributed by atoms with E-state index in [9.17, 15) is 0 Å². The fourth-order valence-electron chi connectivity index (χ4n) is 36.1. The van der Waals surface area contributed by atoms with Crippen molar-refractivity contribution in [3.63, 3.8) is 0 Å². The van der Waals surface area contributed by atoms with E-state index >= 15 is 0 Å². The second-order valence-corrected chi connectivity index (χ2v) is 26.5. The van der Waals surface area contributed by atoms with Crippen LogP contribution >= 0.6 is 0 Å². The van der Waals surface area contributed by atoms with E-state index in [-0.39, 0.29) is 0 Å². The Bertz CT molecular complexity index is 2000. The van der Waals surface area contributed by atoms with Gasteiger partial charge in [-0.1, -0.05) is 0 Å². The lowest BCUT2D eigenvalue weighted by Crippen LogP contribution is -3.32. The van der Waals surface area contributed by atoms with Crippen LogP contribution in [0.15, 0.2) is 0 Å². The third-order valence-electron chi connectivity index (χ3n) is 32.1. The molecule has 25 saturated carbocycles. The first-order valence-corrected chi connectivity index (χ1v) is 22.4. The van der Waals surface area contributed by atoms with Gasteiger partial charge in [0, 0.05) is 0 Å². The molecule has 45 heavy (non-hydrogen) atoms. The maximum atomic E-state index is 1.72. The summed E-state index contributed by atoms with van der Waals surface area (Å²) >= 11 is 0. The second-order valence-electron chi connectivity index (χ2n) is 26.5. The standard InChI is InChI=1S/C45H42/c1-2-6-5(1)9-10(6)12-11(9)13-14(12)16-15(13)17-18(16)20-19(17)21-26-22(20)28-32-36-38-34-30-25-8-4-3-7-23(8)39(25)24(7)29-33-37-35-31-27(21)40(26,28)42(31,32)44(35,36)45(37,38)43(33,34)41(29,30)39/h5-38H,1-4H2. The predicted molar refractivity (Wildman–Crippen MR) is 154 cm³/mol. The van der Waals surface area contributed by atoms with Crippen molar-refractivity contribution >= 4 is 0 Å². The Morgan fingerprint density at radius 1 is 0.200 bits per heavy atom. The smallest absolute Gasteiger partial charge is 0.00932 e. The molecule has 0 saturated heterocycles. The topological polar surface area (TPSA) is 0 Å². The molecule has 25 aliphatic carbocycles. The monoisotopic (exact) mass is 582 g/mol. The third-order valence-corrected chi connectivity index (χ3v) is 32.1. The van der Waals surface area contributed by atoms with Crippen molar-refractivity contribution < 1.29 is 0 Å². The van der Waals surface area contributed by atoms with Gasteiger partial charge in [0.1, 0.15) is 0 Å². The van der Waals surface area contributed by atoms with Crippen LogP contribution < -0.4 is 0 Å². The summed E-state index contributed by atoms with van der Waals surface area (Å²) in [5.41, 5.74) is 7.62. The molecule has 222 valence electrons. The van der Waals surface area contributed by atoms with Crippen molar-refractivity contribution in [1.82, 2.24) is 0 Å². The van der Waals surface area contributed by atoms with Gasteiger partial charge in [0.05, 0.1) is 0 Å². The molecule has 7 spiro atoms. The molecule has 32 atom stereocenters. The summed E-state index contributed by atoms with van der Waals surface area (Å²) in [5.74, 6) is 45.7. The molecule has 0 amide bonds. The average molecular weight is 583 g/mol. The molecule has 0 aromatic carbocycles. The quantitative estimate of drug-likeness (QED) is 0.320. The van der Waals surface area contributed by atoms with Crippen LogP contribution in [-0.2, 0) is 0 Å². The lowest BCUT2D eigenvalue weighted by molar-refractivity contribution is -0.886. The van der Waals surface area contributed by atoms with E-state index in [1.807, 2.05) is 0 Å². The first-order valence-electron chi connectivity index (χ1n) is 22.4. The van der Waals surface area contributed by atoms with E-state index in [1.54, 1.807) is 25.7 Å². The molecule has 0 nitrogen and oxygen atoms in total. The zero-order chi connectivity index (χ0) is 26.0. The summed E-state index contributed by atoms with van der Waals surface area (Å²) in [4.78, 5) is 0. The molecule has 25 aliphatic rings. The van der Waals surface area contributed by atoms with Gasteiger partial charge < -0.3 is 0 Å². The van der Waals surface area contributed by atoms with Crippen molar-refractivity contribution in [1.29, 1.82) is 0 Å². The Morgan fingerprint density at radius 3 is 0.956 bits per heavy atom. The number of fused-ring (bicyclic) bond motifs is 37. The van der Waals surface area contributed by atoms with Crippen LogP contribution in [0.4, 0.5) is 0 Å². The maximum Gasteiger partial charge on any atom is -0.00932 e. The second kappa shape index (κ2) is 3.71. The van der Waals surface area contributed by atoms with E-state index in [0.717, 1.165) is 37.9 Å². The van der Waals surface area contributed by atoms with Crippen LogP contribution in [0.3, 0.4) is 0 Å². The minimum Gasteiger partial charge on any atom is -0.0496 e. The Labute approximate surface area is 264 Å². The SMILES string of the molecule is C1CC2C1C1C2C2C1C1C2C2C1C1C2C2C1C1C3C2C2C4C5C6C7C8C9C%10CCC%11C%10C9%10C%11C9C%11C%12C%13C%14C1C32C%144C%135C%126C%117C98%10. The Kier molecular flexibility index (Phi) is 1.51. The molecule has 0 heterocycles. The summed E-state index contributed by atoms with van der Waals surface area (Å²) in [6.07, 6.45) is 6.78. The molecular formula is C45H42. The van der Waals surface area contributed by atoms with Crippen LogP contribution in [0.25, 0.3) is 0 Å². The van der Waals surface area contributed by atoms with E-state index in [1.165, 1.54) is 201 Å². The van der Waals surface area contributed by atoms with Crippen molar-refractivity contribution in [3.8, 4) is 0 Å². The Hall–Kier alpha value is 0. The first kappa shape index (κ1) is 18.3. The summed E-state index contributed by atoms with van der Waals surface area (Å²) in [5, 5.41) is 0. The minimum absolute atomic E-state index is 1.08. The Balaban J connectivity index is 0.668. The Morgan fingerprint density at radius 2 is 0.511 bits per heavy atom. The normalized spacial score (nSPS) is 114. The fourth-order valence-corrected chi connectivity index (χ4v) is 36.1. The van der Waals surface area contributed by atoms with Gasteiger partial charge in [0.25, 0.3) is 0 Å². The van der Waals surface area contributed by atoms with Crippen LogP contribution in [-0.4, -0.2) is 0 Å². The zero-order valence-corrected chi connectivity index (χ0v) is 26.0. The van der Waals surface area contributed by atoms with Crippen molar-refractivity contribution in [2.24, 2.45) is 239 Å². The highest BCUT2D eigenvalue weighted by Gasteiger charge is 3.33. The van der Waals surface area contributed by atoms with Crippen molar-refractivity contribution in [3.05, 3.63) is 0 Å². The molecule has 0 aromatic heterocycles. The lowest BCUT2D eigenvalue weighted by Gasteiger charge is -3.34. The molecule has 32 unspecified atom stereocenters. The molecular weight excluding hydrogens is 540 g/mol.